The summed E-state index contributed by atoms with van der Waals surface area (Å²) < 4.78 is 31.6. The third-order valence-corrected chi connectivity index (χ3v) is 8.68. The Morgan fingerprint density at radius 1 is 1.06 bits per heavy atom. The summed E-state index contributed by atoms with van der Waals surface area (Å²) in [7, 11) is -1.94. The van der Waals surface area contributed by atoms with E-state index in [4.69, 9.17) is 9.72 Å². The third-order valence-electron chi connectivity index (χ3n) is 5.82. The van der Waals surface area contributed by atoms with E-state index in [2.05, 4.69) is 24.8 Å². The summed E-state index contributed by atoms with van der Waals surface area (Å²) in [5, 5.41) is 0.663. The van der Waals surface area contributed by atoms with E-state index in [0.717, 1.165) is 35.4 Å². The molecule has 0 atom stereocenters. The molecule has 0 radical (unpaired) electrons. The van der Waals surface area contributed by atoms with Gasteiger partial charge in [0.2, 0.25) is 5.91 Å². The highest BCUT2D eigenvalue weighted by Gasteiger charge is 2.22. The largest absolute Gasteiger partial charge is 0.497 e. The van der Waals surface area contributed by atoms with Gasteiger partial charge < -0.3 is 9.64 Å². The van der Waals surface area contributed by atoms with Gasteiger partial charge in [-0.15, -0.1) is 0 Å². The van der Waals surface area contributed by atoms with Crippen LogP contribution in [-0.2, 0) is 14.6 Å². The number of likely N-dealkylation sites (N-methyl/N-ethyl adjacent to an activating group) is 1. The molecule has 0 aliphatic heterocycles. The number of sulfone groups is 1. The normalized spacial score (nSPS) is 11.8. The minimum atomic E-state index is -3.48. The predicted octanol–water partition coefficient (Wildman–Crippen LogP) is 4.54. The standard InChI is InChI=1S/C25H33N3O4S2/c1-5-27(6-2)15-16-28(25-26-22-14-9-19(3)18-23(22)33-25)24(29)8-7-17-34(30,31)21-12-10-20(32-4)11-13-21/h9-14,18H,5-8,15-17H2,1-4H3. The summed E-state index contributed by atoms with van der Waals surface area (Å²) in [6.07, 6.45) is 0.390. The second-order valence-corrected chi connectivity index (χ2v) is 11.3. The van der Waals surface area contributed by atoms with Crippen LogP contribution in [0.3, 0.4) is 0 Å². The number of carbonyl (C=O) groups is 1. The molecule has 7 nitrogen and oxygen atoms in total. The van der Waals surface area contributed by atoms with Gasteiger partial charge in [-0.2, -0.15) is 0 Å². The lowest BCUT2D eigenvalue weighted by atomic mass is 10.2. The smallest absolute Gasteiger partial charge is 0.228 e. The molecule has 9 heteroatoms. The number of hydrogen-bond donors (Lipinski definition) is 0. The number of thiazole rings is 1. The number of benzene rings is 2. The first-order chi connectivity index (χ1) is 16.3. The van der Waals surface area contributed by atoms with Crippen molar-refractivity contribution >= 4 is 42.4 Å². The molecule has 2 aromatic carbocycles. The molecule has 0 aliphatic rings. The van der Waals surface area contributed by atoms with Gasteiger partial charge in [0.15, 0.2) is 15.0 Å². The van der Waals surface area contributed by atoms with Crippen molar-refractivity contribution in [2.24, 2.45) is 0 Å². The molecular weight excluding hydrogens is 470 g/mol. The van der Waals surface area contributed by atoms with Gasteiger partial charge in [-0.25, -0.2) is 13.4 Å². The Labute approximate surface area is 206 Å². The highest BCUT2D eigenvalue weighted by molar-refractivity contribution is 7.91. The third kappa shape index (κ3) is 6.55. The number of anilines is 1. The zero-order valence-corrected chi connectivity index (χ0v) is 21.9. The summed E-state index contributed by atoms with van der Waals surface area (Å²) in [4.78, 5) is 22.2. The van der Waals surface area contributed by atoms with Gasteiger partial charge in [0.25, 0.3) is 0 Å². The molecule has 0 fully saturated rings. The van der Waals surface area contributed by atoms with Gasteiger partial charge in [0.05, 0.1) is 28.0 Å². The first-order valence-electron chi connectivity index (χ1n) is 11.5. The Hall–Kier alpha value is -2.49. The Bertz CT molecular complexity index is 1200. The van der Waals surface area contributed by atoms with Crippen LogP contribution < -0.4 is 9.64 Å². The number of aromatic nitrogens is 1. The molecule has 3 aromatic rings. The van der Waals surface area contributed by atoms with Crippen LogP contribution >= 0.6 is 11.3 Å². The van der Waals surface area contributed by atoms with Crippen molar-refractivity contribution in [1.82, 2.24) is 9.88 Å². The van der Waals surface area contributed by atoms with Crippen LogP contribution in [0.25, 0.3) is 10.2 Å². The van der Waals surface area contributed by atoms with E-state index in [1.807, 2.05) is 19.1 Å². The highest BCUT2D eigenvalue weighted by Crippen LogP contribution is 2.30. The summed E-state index contributed by atoms with van der Waals surface area (Å²) in [5.74, 6) is 0.408. The van der Waals surface area contributed by atoms with Crippen LogP contribution in [0.1, 0.15) is 32.3 Å². The van der Waals surface area contributed by atoms with Crippen LogP contribution in [-0.4, -0.2) is 63.3 Å². The maximum absolute atomic E-state index is 13.2. The van der Waals surface area contributed by atoms with Gasteiger partial charge in [-0.05, 0) is 68.4 Å². The maximum Gasteiger partial charge on any atom is 0.228 e. The topological polar surface area (TPSA) is 79.8 Å². The molecule has 0 bridgehead atoms. The van der Waals surface area contributed by atoms with Crippen molar-refractivity contribution in [3.05, 3.63) is 48.0 Å². The van der Waals surface area contributed by atoms with E-state index in [1.165, 1.54) is 30.6 Å². The van der Waals surface area contributed by atoms with Gasteiger partial charge in [-0.1, -0.05) is 31.3 Å². The molecule has 0 aliphatic carbocycles. The Morgan fingerprint density at radius 2 is 1.76 bits per heavy atom. The van der Waals surface area contributed by atoms with E-state index in [-0.39, 0.29) is 29.4 Å². The minimum Gasteiger partial charge on any atom is -0.497 e. The summed E-state index contributed by atoms with van der Waals surface area (Å²) >= 11 is 1.50. The number of carbonyl (C=O) groups excluding carboxylic acids is 1. The van der Waals surface area contributed by atoms with Gasteiger partial charge in [0.1, 0.15) is 5.75 Å². The molecule has 1 amide bonds. The molecule has 184 valence electrons. The fraction of sp³-hybridized carbons (Fsp3) is 0.440. The quantitative estimate of drug-likeness (QED) is 0.361. The van der Waals surface area contributed by atoms with Gasteiger partial charge in [0, 0.05) is 19.5 Å². The van der Waals surface area contributed by atoms with Crippen molar-refractivity contribution in [2.45, 2.75) is 38.5 Å². The molecule has 0 N–H and O–H groups in total. The fourth-order valence-corrected chi connectivity index (χ4v) is 6.11. The van der Waals surface area contributed by atoms with Crippen molar-refractivity contribution in [3.63, 3.8) is 0 Å². The highest BCUT2D eigenvalue weighted by atomic mass is 32.2. The summed E-state index contributed by atoms with van der Waals surface area (Å²) in [6, 6.07) is 12.4. The Balaban J connectivity index is 1.72. The molecule has 0 unspecified atom stereocenters. The van der Waals surface area contributed by atoms with Crippen molar-refractivity contribution < 1.29 is 17.9 Å². The lowest BCUT2D eigenvalue weighted by Crippen LogP contribution is -2.38. The lowest BCUT2D eigenvalue weighted by molar-refractivity contribution is -0.118. The second-order valence-electron chi connectivity index (χ2n) is 8.14. The second kappa shape index (κ2) is 11.8. The number of methoxy groups -OCH3 is 1. The molecule has 0 spiro atoms. The summed E-state index contributed by atoms with van der Waals surface area (Å²) in [6.45, 7) is 9.28. The monoisotopic (exact) mass is 503 g/mol. The number of ether oxygens (including phenoxy) is 1. The van der Waals surface area contributed by atoms with Crippen LogP contribution in [0.2, 0.25) is 0 Å². The molecule has 0 saturated heterocycles. The first kappa shape index (κ1) is 26.1. The van der Waals surface area contributed by atoms with Crippen molar-refractivity contribution in [2.75, 3.05) is 43.9 Å². The average Bonchev–Trinajstić information content (AvgIpc) is 3.24. The number of rotatable bonds is 12. The minimum absolute atomic E-state index is 0.0893. The number of fused-ring (bicyclic) bond motifs is 1. The SMILES string of the molecule is CCN(CC)CCN(C(=O)CCCS(=O)(=O)c1ccc(OC)cc1)c1nc2ccc(C)cc2s1. The fourth-order valence-electron chi connectivity index (χ4n) is 3.69. The average molecular weight is 504 g/mol. The molecule has 1 aromatic heterocycles. The van der Waals surface area contributed by atoms with E-state index in [0.29, 0.717) is 17.4 Å². The number of nitrogens with zero attached hydrogens (tertiary/aromatic N) is 3. The molecular formula is C25H33N3O4S2. The summed E-state index contributed by atoms with van der Waals surface area (Å²) in [5.41, 5.74) is 2.01. The first-order valence-corrected chi connectivity index (χ1v) is 14.0. The van der Waals surface area contributed by atoms with E-state index in [9.17, 15) is 13.2 Å². The van der Waals surface area contributed by atoms with Crippen LogP contribution in [0, 0.1) is 6.92 Å². The van der Waals surface area contributed by atoms with Crippen LogP contribution in [0.15, 0.2) is 47.4 Å². The number of aryl methyl sites for hydroxylation is 1. The van der Waals surface area contributed by atoms with E-state index in [1.54, 1.807) is 17.0 Å². The Kier molecular flexibility index (Phi) is 9.04. The van der Waals surface area contributed by atoms with Crippen LogP contribution in [0.5, 0.6) is 5.75 Å². The number of hydrogen-bond acceptors (Lipinski definition) is 7. The van der Waals surface area contributed by atoms with Gasteiger partial charge >= 0.3 is 0 Å². The number of amides is 1. The molecule has 3 rings (SSSR count). The van der Waals surface area contributed by atoms with Crippen molar-refractivity contribution in [3.8, 4) is 5.75 Å². The van der Waals surface area contributed by atoms with E-state index >= 15 is 0 Å². The van der Waals surface area contributed by atoms with Gasteiger partial charge in [-0.3, -0.25) is 9.69 Å². The predicted molar refractivity (Wildman–Crippen MR) is 139 cm³/mol. The maximum atomic E-state index is 13.2. The van der Waals surface area contributed by atoms with Crippen molar-refractivity contribution in [1.29, 1.82) is 0 Å². The lowest BCUT2D eigenvalue weighted by Gasteiger charge is -2.24. The zero-order chi connectivity index (χ0) is 24.7. The zero-order valence-electron chi connectivity index (χ0n) is 20.3. The molecule has 1 heterocycles. The Morgan fingerprint density at radius 3 is 2.41 bits per heavy atom. The van der Waals surface area contributed by atoms with E-state index < -0.39 is 9.84 Å². The van der Waals surface area contributed by atoms with Crippen LogP contribution in [0.4, 0.5) is 5.13 Å². The molecule has 0 saturated carbocycles. The molecule has 34 heavy (non-hydrogen) atoms.